The van der Waals surface area contributed by atoms with Crippen LogP contribution in [0.25, 0.3) is 0 Å². The van der Waals surface area contributed by atoms with Crippen LogP contribution in [-0.4, -0.2) is 29.0 Å². The highest BCUT2D eigenvalue weighted by Crippen LogP contribution is 2.17. The van der Waals surface area contributed by atoms with Gasteiger partial charge in [0.15, 0.2) is 0 Å². The van der Waals surface area contributed by atoms with E-state index in [-0.39, 0.29) is 0 Å². The molecule has 0 spiro atoms. The van der Waals surface area contributed by atoms with Crippen LogP contribution in [0.15, 0.2) is 6.20 Å². The topological polar surface area (TPSA) is 39.1 Å². The van der Waals surface area contributed by atoms with Gasteiger partial charge in [-0.25, -0.2) is 0 Å². The third-order valence-corrected chi connectivity index (χ3v) is 2.76. The predicted molar refractivity (Wildman–Crippen MR) is 55.4 cm³/mol. The Kier molecular flexibility index (Phi) is 2.72. The molecule has 1 unspecified atom stereocenters. The van der Waals surface area contributed by atoms with E-state index in [0.29, 0.717) is 6.04 Å². The van der Waals surface area contributed by atoms with Crippen molar-refractivity contribution < 1.29 is 4.74 Å². The van der Waals surface area contributed by atoms with Gasteiger partial charge in [0.25, 0.3) is 0 Å². The maximum atomic E-state index is 5.41. The molecule has 1 aliphatic heterocycles. The number of hydrogen-bond donors (Lipinski definition) is 1. The molecular formula is C10H17N3O. The molecule has 0 saturated carbocycles. The van der Waals surface area contributed by atoms with Crippen molar-refractivity contribution in [3.8, 4) is 0 Å². The van der Waals surface area contributed by atoms with E-state index in [0.717, 1.165) is 25.3 Å². The van der Waals surface area contributed by atoms with Crippen LogP contribution in [0.1, 0.15) is 18.5 Å². The van der Waals surface area contributed by atoms with Crippen LogP contribution >= 0.6 is 0 Å². The highest BCUT2D eigenvalue weighted by Gasteiger charge is 2.15. The van der Waals surface area contributed by atoms with Gasteiger partial charge in [-0.2, -0.15) is 5.10 Å². The number of rotatable bonds is 2. The first-order chi connectivity index (χ1) is 6.77. The first kappa shape index (κ1) is 9.52. The van der Waals surface area contributed by atoms with E-state index in [2.05, 4.69) is 17.3 Å². The second-order valence-electron chi connectivity index (χ2n) is 3.83. The summed E-state index contributed by atoms with van der Waals surface area (Å²) in [5, 5.41) is 7.66. The van der Waals surface area contributed by atoms with Gasteiger partial charge in [-0.05, 0) is 19.8 Å². The fraction of sp³-hybridized carbons (Fsp3) is 0.700. The Morgan fingerprint density at radius 1 is 1.64 bits per heavy atom. The molecule has 0 bridgehead atoms. The molecule has 0 aliphatic carbocycles. The van der Waals surface area contributed by atoms with Crippen LogP contribution in [0.2, 0.25) is 0 Å². The van der Waals surface area contributed by atoms with Gasteiger partial charge in [-0.1, -0.05) is 0 Å². The molecule has 78 valence electrons. The molecule has 2 rings (SSSR count). The Labute approximate surface area is 84.3 Å². The molecule has 0 amide bonds. The Morgan fingerprint density at radius 2 is 2.50 bits per heavy atom. The molecule has 1 fully saturated rings. The lowest BCUT2D eigenvalue weighted by molar-refractivity contribution is 0.0876. The number of aromatic nitrogens is 2. The minimum absolute atomic E-state index is 0.451. The van der Waals surface area contributed by atoms with Crippen LogP contribution in [0.5, 0.6) is 0 Å². The van der Waals surface area contributed by atoms with Crippen molar-refractivity contribution >= 4 is 5.69 Å². The minimum Gasteiger partial charge on any atom is -0.379 e. The number of anilines is 1. The molecule has 2 heterocycles. The van der Waals surface area contributed by atoms with E-state index in [1.165, 1.54) is 12.1 Å². The molecule has 1 saturated heterocycles. The van der Waals surface area contributed by atoms with Gasteiger partial charge in [0, 0.05) is 19.7 Å². The van der Waals surface area contributed by atoms with E-state index < -0.39 is 0 Å². The van der Waals surface area contributed by atoms with Crippen molar-refractivity contribution in [1.29, 1.82) is 0 Å². The van der Waals surface area contributed by atoms with Gasteiger partial charge in [0.1, 0.15) is 0 Å². The maximum absolute atomic E-state index is 5.41. The van der Waals surface area contributed by atoms with Crippen molar-refractivity contribution in [2.45, 2.75) is 25.8 Å². The predicted octanol–water partition coefficient (Wildman–Crippen LogP) is 1.32. The molecule has 4 nitrogen and oxygen atoms in total. The average molecular weight is 195 g/mol. The summed E-state index contributed by atoms with van der Waals surface area (Å²) in [5.41, 5.74) is 2.30. The molecule has 1 atom stereocenters. The number of hydrogen-bond acceptors (Lipinski definition) is 3. The van der Waals surface area contributed by atoms with Crippen molar-refractivity contribution in [2.75, 3.05) is 18.5 Å². The normalized spacial score (nSPS) is 22.3. The summed E-state index contributed by atoms with van der Waals surface area (Å²) in [6.45, 7) is 3.79. The summed E-state index contributed by atoms with van der Waals surface area (Å²) in [6.07, 6.45) is 4.22. The van der Waals surface area contributed by atoms with Gasteiger partial charge in [0.05, 0.1) is 24.2 Å². The number of nitrogens with one attached hydrogen (secondary N) is 1. The van der Waals surface area contributed by atoms with Crippen molar-refractivity contribution in [1.82, 2.24) is 9.78 Å². The van der Waals surface area contributed by atoms with Crippen LogP contribution < -0.4 is 5.32 Å². The largest absolute Gasteiger partial charge is 0.379 e. The highest BCUT2D eigenvalue weighted by molar-refractivity contribution is 5.46. The first-order valence-electron chi connectivity index (χ1n) is 5.10. The van der Waals surface area contributed by atoms with Crippen LogP contribution in [0.3, 0.4) is 0 Å². The Hall–Kier alpha value is -1.03. The van der Waals surface area contributed by atoms with Gasteiger partial charge < -0.3 is 10.1 Å². The Bertz CT molecular complexity index is 302. The highest BCUT2D eigenvalue weighted by atomic mass is 16.5. The second-order valence-corrected chi connectivity index (χ2v) is 3.83. The summed E-state index contributed by atoms with van der Waals surface area (Å²) >= 11 is 0. The third kappa shape index (κ3) is 1.90. The molecule has 1 aromatic heterocycles. The third-order valence-electron chi connectivity index (χ3n) is 2.76. The van der Waals surface area contributed by atoms with E-state index in [9.17, 15) is 0 Å². The Morgan fingerprint density at radius 3 is 3.07 bits per heavy atom. The summed E-state index contributed by atoms with van der Waals surface area (Å²) in [6, 6.07) is 0.451. The molecule has 1 aliphatic rings. The molecule has 1 aromatic rings. The zero-order valence-corrected chi connectivity index (χ0v) is 8.79. The lowest BCUT2D eigenvalue weighted by Crippen LogP contribution is -2.30. The molecule has 1 N–H and O–H groups in total. The number of nitrogens with zero attached hydrogens (tertiary/aromatic N) is 2. The lowest BCUT2D eigenvalue weighted by atomic mass is 10.1. The van der Waals surface area contributed by atoms with Gasteiger partial charge in [-0.15, -0.1) is 0 Å². The zero-order valence-electron chi connectivity index (χ0n) is 8.79. The van der Waals surface area contributed by atoms with Gasteiger partial charge >= 0.3 is 0 Å². The summed E-state index contributed by atoms with van der Waals surface area (Å²) in [4.78, 5) is 0. The van der Waals surface area contributed by atoms with E-state index in [1.54, 1.807) is 0 Å². The van der Waals surface area contributed by atoms with E-state index >= 15 is 0 Å². The molecular weight excluding hydrogens is 178 g/mol. The van der Waals surface area contributed by atoms with Gasteiger partial charge in [-0.3, -0.25) is 4.68 Å². The molecule has 0 aromatic carbocycles. The quantitative estimate of drug-likeness (QED) is 0.773. The standard InChI is InChI=1S/C10H17N3O/c1-8-10(6-11-13(8)2)12-9-4-3-5-14-7-9/h6,9,12H,3-5,7H2,1-2H3. The minimum atomic E-state index is 0.451. The van der Waals surface area contributed by atoms with E-state index in [1.807, 2.05) is 17.9 Å². The summed E-state index contributed by atoms with van der Waals surface area (Å²) < 4.78 is 7.29. The van der Waals surface area contributed by atoms with Crippen LogP contribution in [-0.2, 0) is 11.8 Å². The number of ether oxygens (including phenoxy) is 1. The summed E-state index contributed by atoms with van der Waals surface area (Å²) in [5.74, 6) is 0. The molecule has 0 radical (unpaired) electrons. The SMILES string of the molecule is Cc1c(NC2CCCOC2)cnn1C. The second kappa shape index (κ2) is 4.00. The van der Waals surface area contributed by atoms with Crippen LogP contribution in [0.4, 0.5) is 5.69 Å². The summed E-state index contributed by atoms with van der Waals surface area (Å²) in [7, 11) is 1.96. The van der Waals surface area contributed by atoms with Crippen LogP contribution in [0, 0.1) is 6.92 Å². The van der Waals surface area contributed by atoms with E-state index in [4.69, 9.17) is 4.74 Å². The van der Waals surface area contributed by atoms with Gasteiger partial charge in [0.2, 0.25) is 0 Å². The van der Waals surface area contributed by atoms with Crippen molar-refractivity contribution in [3.05, 3.63) is 11.9 Å². The maximum Gasteiger partial charge on any atom is 0.0759 e. The monoisotopic (exact) mass is 195 g/mol. The fourth-order valence-electron chi connectivity index (χ4n) is 1.71. The van der Waals surface area contributed by atoms with Crippen molar-refractivity contribution in [2.24, 2.45) is 7.05 Å². The fourth-order valence-corrected chi connectivity index (χ4v) is 1.71. The van der Waals surface area contributed by atoms with Crippen molar-refractivity contribution in [3.63, 3.8) is 0 Å². The molecule has 14 heavy (non-hydrogen) atoms. The lowest BCUT2D eigenvalue weighted by Gasteiger charge is -2.23. The Balaban J connectivity index is 1.99. The first-order valence-corrected chi connectivity index (χ1v) is 5.10. The number of aryl methyl sites for hydroxylation is 1. The zero-order chi connectivity index (χ0) is 9.97. The molecule has 4 heteroatoms. The average Bonchev–Trinajstić information content (AvgIpc) is 2.52. The smallest absolute Gasteiger partial charge is 0.0759 e.